The maximum absolute atomic E-state index is 11.0. The molecule has 0 spiro atoms. The van der Waals surface area contributed by atoms with Crippen molar-refractivity contribution >= 4 is 9.84 Å². The summed E-state index contributed by atoms with van der Waals surface area (Å²) >= 11 is 0. The predicted octanol–water partition coefficient (Wildman–Crippen LogP) is 0.663. The summed E-state index contributed by atoms with van der Waals surface area (Å²) in [5.41, 5.74) is 7.11. The minimum absolute atomic E-state index is 0.0826. The second-order valence-electron chi connectivity index (χ2n) is 4.41. The summed E-state index contributed by atoms with van der Waals surface area (Å²) in [7, 11) is -1.02. The Balaban J connectivity index is 2.44. The van der Waals surface area contributed by atoms with Crippen LogP contribution >= 0.6 is 0 Å². The number of hydrogen-bond acceptors (Lipinski definition) is 4. The van der Waals surface area contributed by atoms with Crippen molar-refractivity contribution in [3.8, 4) is 0 Å². The summed E-state index contributed by atoms with van der Waals surface area (Å²) in [6.45, 7) is 1.17. The zero-order valence-corrected chi connectivity index (χ0v) is 11.2. The molecule has 0 bridgehead atoms. The minimum atomic E-state index is -2.90. The Labute approximate surface area is 103 Å². The molecule has 0 aliphatic heterocycles. The van der Waals surface area contributed by atoms with Gasteiger partial charge in [-0.1, -0.05) is 30.3 Å². The number of nitrogens with two attached hydrogens (primary N) is 1. The number of benzene rings is 1. The molecule has 0 aliphatic carbocycles. The van der Waals surface area contributed by atoms with Crippen molar-refractivity contribution in [1.82, 2.24) is 4.90 Å². The van der Waals surface area contributed by atoms with E-state index in [4.69, 9.17) is 5.73 Å². The van der Waals surface area contributed by atoms with Gasteiger partial charge < -0.3 is 10.6 Å². The Bertz CT molecular complexity index is 431. The summed E-state index contributed by atoms with van der Waals surface area (Å²) in [6, 6.07) is 9.73. The van der Waals surface area contributed by atoms with E-state index >= 15 is 0 Å². The molecule has 1 aromatic carbocycles. The molecule has 5 heteroatoms. The lowest BCUT2D eigenvalue weighted by molar-refractivity contribution is 0.329. The van der Waals surface area contributed by atoms with E-state index < -0.39 is 9.84 Å². The first-order valence-electron chi connectivity index (χ1n) is 5.55. The van der Waals surface area contributed by atoms with Crippen LogP contribution in [0.1, 0.15) is 11.6 Å². The van der Waals surface area contributed by atoms with Gasteiger partial charge in [0.05, 0.1) is 5.75 Å². The van der Waals surface area contributed by atoms with Gasteiger partial charge in [0.25, 0.3) is 0 Å². The van der Waals surface area contributed by atoms with Gasteiger partial charge in [0.15, 0.2) is 0 Å². The summed E-state index contributed by atoms with van der Waals surface area (Å²) in [6.07, 6.45) is 1.25. The van der Waals surface area contributed by atoms with E-state index in [1.807, 2.05) is 42.3 Å². The van der Waals surface area contributed by atoms with Gasteiger partial charge in [0.1, 0.15) is 9.84 Å². The molecule has 1 atom stereocenters. The molecule has 0 unspecified atom stereocenters. The molecule has 4 nitrogen and oxygen atoms in total. The van der Waals surface area contributed by atoms with Crippen LogP contribution in [0, 0.1) is 0 Å². The molecule has 0 fully saturated rings. The SMILES string of the molecule is CN(CCS(C)(=O)=O)C[C@H](N)c1ccccc1. The lowest BCUT2D eigenvalue weighted by Crippen LogP contribution is -2.32. The molecule has 0 aromatic heterocycles. The van der Waals surface area contributed by atoms with Gasteiger partial charge in [0.2, 0.25) is 0 Å². The molecule has 0 saturated heterocycles. The zero-order valence-electron chi connectivity index (χ0n) is 10.3. The fraction of sp³-hybridized carbons (Fsp3) is 0.500. The van der Waals surface area contributed by atoms with Crippen LogP contribution in [0.4, 0.5) is 0 Å². The lowest BCUT2D eigenvalue weighted by Gasteiger charge is -2.21. The molecule has 0 aliphatic rings. The molecule has 1 rings (SSSR count). The Hall–Kier alpha value is -0.910. The molecule has 96 valence electrons. The first-order chi connectivity index (χ1) is 7.88. The van der Waals surface area contributed by atoms with Gasteiger partial charge in [-0.2, -0.15) is 0 Å². The van der Waals surface area contributed by atoms with E-state index in [0.717, 1.165) is 5.56 Å². The molecule has 0 amide bonds. The fourth-order valence-electron chi connectivity index (χ4n) is 1.55. The Morgan fingerprint density at radius 3 is 2.41 bits per heavy atom. The van der Waals surface area contributed by atoms with Crippen LogP contribution in [0.2, 0.25) is 0 Å². The van der Waals surface area contributed by atoms with E-state index in [-0.39, 0.29) is 11.8 Å². The van der Waals surface area contributed by atoms with Crippen LogP contribution in [-0.4, -0.2) is 45.5 Å². The van der Waals surface area contributed by atoms with E-state index in [9.17, 15) is 8.42 Å². The minimum Gasteiger partial charge on any atom is -0.323 e. The van der Waals surface area contributed by atoms with Crippen LogP contribution in [0.25, 0.3) is 0 Å². The normalized spacial score (nSPS) is 13.9. The average molecular weight is 256 g/mol. The summed E-state index contributed by atoms with van der Waals surface area (Å²) < 4.78 is 22.1. The Morgan fingerprint density at radius 2 is 1.88 bits per heavy atom. The predicted molar refractivity (Wildman–Crippen MR) is 70.6 cm³/mol. The molecule has 0 heterocycles. The van der Waals surface area contributed by atoms with Crippen molar-refractivity contribution in [1.29, 1.82) is 0 Å². The summed E-state index contributed by atoms with van der Waals surface area (Å²) in [5, 5.41) is 0. The number of hydrogen-bond donors (Lipinski definition) is 1. The standard InChI is InChI=1S/C12H20N2O2S/c1-14(8-9-17(2,15)16)10-12(13)11-6-4-3-5-7-11/h3-7,12H,8-10,13H2,1-2H3/t12-/m0/s1. The molecule has 0 saturated carbocycles. The zero-order chi connectivity index (χ0) is 12.9. The first kappa shape index (κ1) is 14.2. The third-order valence-corrected chi connectivity index (χ3v) is 3.50. The maximum Gasteiger partial charge on any atom is 0.148 e. The average Bonchev–Trinajstić information content (AvgIpc) is 2.27. The Morgan fingerprint density at radius 1 is 1.29 bits per heavy atom. The van der Waals surface area contributed by atoms with Crippen LogP contribution in [0.15, 0.2) is 30.3 Å². The highest BCUT2D eigenvalue weighted by Gasteiger charge is 2.10. The topological polar surface area (TPSA) is 63.4 Å². The molecule has 17 heavy (non-hydrogen) atoms. The second-order valence-corrected chi connectivity index (χ2v) is 6.67. The number of sulfone groups is 1. The first-order valence-corrected chi connectivity index (χ1v) is 7.61. The number of nitrogens with zero attached hydrogens (tertiary/aromatic N) is 1. The molecule has 2 N–H and O–H groups in total. The van der Waals surface area contributed by atoms with Crippen molar-refractivity contribution in [3.63, 3.8) is 0 Å². The Kier molecular flexibility index (Phi) is 5.11. The highest BCUT2D eigenvalue weighted by Crippen LogP contribution is 2.10. The molecular formula is C12H20N2O2S. The van der Waals surface area contributed by atoms with Gasteiger partial charge in [0, 0.05) is 25.4 Å². The van der Waals surface area contributed by atoms with Gasteiger partial charge in [-0.15, -0.1) is 0 Å². The molecular weight excluding hydrogens is 236 g/mol. The fourth-order valence-corrected chi connectivity index (χ4v) is 2.20. The van der Waals surface area contributed by atoms with E-state index in [1.165, 1.54) is 6.26 Å². The van der Waals surface area contributed by atoms with Crippen molar-refractivity contribution in [3.05, 3.63) is 35.9 Å². The van der Waals surface area contributed by atoms with Crippen molar-refractivity contribution in [2.45, 2.75) is 6.04 Å². The highest BCUT2D eigenvalue weighted by molar-refractivity contribution is 7.90. The third-order valence-electron chi connectivity index (χ3n) is 2.58. The smallest absolute Gasteiger partial charge is 0.148 e. The monoisotopic (exact) mass is 256 g/mol. The van der Waals surface area contributed by atoms with Crippen LogP contribution in [-0.2, 0) is 9.84 Å². The quantitative estimate of drug-likeness (QED) is 0.812. The maximum atomic E-state index is 11.0. The van der Waals surface area contributed by atoms with Gasteiger partial charge in [-0.05, 0) is 12.6 Å². The molecule has 1 aromatic rings. The van der Waals surface area contributed by atoms with Gasteiger partial charge >= 0.3 is 0 Å². The van der Waals surface area contributed by atoms with Crippen molar-refractivity contribution in [2.75, 3.05) is 32.1 Å². The van der Waals surface area contributed by atoms with Gasteiger partial charge in [-0.3, -0.25) is 0 Å². The number of likely N-dealkylation sites (N-methyl/N-ethyl adjacent to an activating group) is 1. The van der Waals surface area contributed by atoms with E-state index in [1.54, 1.807) is 0 Å². The number of rotatable bonds is 6. The van der Waals surface area contributed by atoms with E-state index in [2.05, 4.69) is 0 Å². The van der Waals surface area contributed by atoms with E-state index in [0.29, 0.717) is 13.1 Å². The van der Waals surface area contributed by atoms with Gasteiger partial charge in [-0.25, -0.2) is 8.42 Å². The largest absolute Gasteiger partial charge is 0.323 e. The van der Waals surface area contributed by atoms with Crippen molar-refractivity contribution < 1.29 is 8.42 Å². The van der Waals surface area contributed by atoms with Crippen LogP contribution < -0.4 is 5.73 Å². The second kappa shape index (κ2) is 6.14. The molecule has 0 radical (unpaired) electrons. The third kappa shape index (κ3) is 5.81. The lowest BCUT2D eigenvalue weighted by atomic mass is 10.1. The van der Waals surface area contributed by atoms with Crippen LogP contribution in [0.3, 0.4) is 0 Å². The summed E-state index contributed by atoms with van der Waals surface area (Å²) in [5.74, 6) is 0.172. The summed E-state index contributed by atoms with van der Waals surface area (Å²) in [4.78, 5) is 1.94. The van der Waals surface area contributed by atoms with Crippen LogP contribution in [0.5, 0.6) is 0 Å². The highest BCUT2D eigenvalue weighted by atomic mass is 32.2. The van der Waals surface area contributed by atoms with Crippen molar-refractivity contribution in [2.24, 2.45) is 5.73 Å².